The number of carbonyl (C=O) groups excluding carboxylic acids is 1. The first kappa shape index (κ1) is 17.2. The van der Waals surface area contributed by atoms with Gasteiger partial charge in [-0.05, 0) is 49.3 Å². The minimum atomic E-state index is -0.184. The number of hydrogen-bond acceptors (Lipinski definition) is 3. The largest absolute Gasteiger partial charge is 0.378 e. The van der Waals surface area contributed by atoms with Gasteiger partial charge >= 0.3 is 6.03 Å². The highest BCUT2D eigenvalue weighted by atomic mass is 16.6. The predicted octanol–water partition coefficient (Wildman–Crippen LogP) is 3.66. The van der Waals surface area contributed by atoms with Crippen LogP contribution < -0.4 is 10.6 Å². The first-order valence-corrected chi connectivity index (χ1v) is 8.97. The Morgan fingerprint density at radius 3 is 2.75 bits per heavy atom. The Morgan fingerprint density at radius 2 is 2.08 bits per heavy atom. The molecule has 2 N–H and O–H groups in total. The van der Waals surface area contributed by atoms with Crippen molar-refractivity contribution in [3.05, 3.63) is 29.8 Å². The Hall–Kier alpha value is -1.59. The second kappa shape index (κ2) is 7.53. The lowest BCUT2D eigenvalue weighted by molar-refractivity contribution is -0.119. The molecule has 132 valence electrons. The summed E-state index contributed by atoms with van der Waals surface area (Å²) >= 11 is 0. The van der Waals surface area contributed by atoms with E-state index in [1.807, 2.05) is 24.3 Å². The topological polar surface area (TPSA) is 59.6 Å². The van der Waals surface area contributed by atoms with Crippen LogP contribution in [0.5, 0.6) is 0 Å². The van der Waals surface area contributed by atoms with Gasteiger partial charge in [-0.3, -0.25) is 0 Å². The summed E-state index contributed by atoms with van der Waals surface area (Å²) in [5, 5.41) is 5.79. The summed E-state index contributed by atoms with van der Waals surface area (Å²) in [6.45, 7) is 6.38. The fourth-order valence-corrected chi connectivity index (χ4v) is 3.49. The minimum absolute atomic E-state index is 0.0840. The van der Waals surface area contributed by atoms with Crippen LogP contribution in [0.25, 0.3) is 0 Å². The zero-order chi connectivity index (χ0) is 17.0. The van der Waals surface area contributed by atoms with Crippen LogP contribution in [0.1, 0.15) is 51.0 Å². The van der Waals surface area contributed by atoms with Crippen LogP contribution in [0.3, 0.4) is 0 Å². The van der Waals surface area contributed by atoms with Crippen LogP contribution in [0, 0.1) is 0 Å². The third-order valence-electron chi connectivity index (χ3n) is 4.95. The maximum atomic E-state index is 12.1. The standard InChI is InChI=1S/C19H28N2O3/c1-14(2)15-4-6-16(7-5-15)21-18(22)20-12-17-8-10-19(24-17)9-3-11-23-13-19/h4-7,14,17H,3,8-13H2,1-2H3,(H2,20,21,22). The number of amides is 2. The van der Waals surface area contributed by atoms with E-state index in [4.69, 9.17) is 9.47 Å². The van der Waals surface area contributed by atoms with Gasteiger partial charge in [-0.15, -0.1) is 0 Å². The van der Waals surface area contributed by atoms with Gasteiger partial charge in [0.2, 0.25) is 0 Å². The van der Waals surface area contributed by atoms with E-state index in [-0.39, 0.29) is 17.7 Å². The quantitative estimate of drug-likeness (QED) is 0.884. The van der Waals surface area contributed by atoms with Crippen molar-refractivity contribution in [1.82, 2.24) is 5.32 Å². The molecule has 0 bridgehead atoms. The Bertz CT molecular complexity index is 550. The third-order valence-corrected chi connectivity index (χ3v) is 4.95. The molecule has 5 heteroatoms. The molecule has 3 rings (SSSR count). The molecule has 5 nitrogen and oxygen atoms in total. The molecule has 2 aliphatic rings. The number of ether oxygens (including phenoxy) is 2. The molecule has 1 aromatic carbocycles. The molecule has 2 aliphatic heterocycles. The number of nitrogens with one attached hydrogen (secondary N) is 2. The lowest BCUT2D eigenvalue weighted by Crippen LogP contribution is -2.41. The van der Waals surface area contributed by atoms with Gasteiger partial charge < -0.3 is 20.1 Å². The SMILES string of the molecule is CC(C)c1ccc(NC(=O)NCC2CCC3(CCCOC3)O2)cc1. The van der Waals surface area contributed by atoms with Crippen molar-refractivity contribution in [2.24, 2.45) is 0 Å². The van der Waals surface area contributed by atoms with Crippen molar-refractivity contribution >= 4 is 11.7 Å². The first-order valence-electron chi connectivity index (χ1n) is 8.97. The molecule has 2 heterocycles. The molecule has 0 aliphatic carbocycles. The fraction of sp³-hybridized carbons (Fsp3) is 0.632. The van der Waals surface area contributed by atoms with E-state index in [2.05, 4.69) is 24.5 Å². The summed E-state index contributed by atoms with van der Waals surface area (Å²) in [6, 6.07) is 7.79. The van der Waals surface area contributed by atoms with Gasteiger partial charge in [-0.2, -0.15) is 0 Å². The Kier molecular flexibility index (Phi) is 5.41. The van der Waals surface area contributed by atoms with Gasteiger partial charge in [0.15, 0.2) is 0 Å². The molecule has 2 atom stereocenters. The summed E-state index contributed by atoms with van der Waals surface area (Å²) in [6.07, 6.45) is 4.22. The van der Waals surface area contributed by atoms with Gasteiger partial charge in [-0.25, -0.2) is 4.79 Å². The summed E-state index contributed by atoms with van der Waals surface area (Å²) in [5.74, 6) is 0.489. The smallest absolute Gasteiger partial charge is 0.319 e. The van der Waals surface area contributed by atoms with Crippen molar-refractivity contribution in [3.8, 4) is 0 Å². The van der Waals surface area contributed by atoms with E-state index in [0.29, 0.717) is 19.1 Å². The molecule has 0 saturated carbocycles. The first-order chi connectivity index (χ1) is 11.6. The molecular formula is C19H28N2O3. The highest BCUT2D eigenvalue weighted by molar-refractivity contribution is 5.89. The van der Waals surface area contributed by atoms with Gasteiger partial charge in [0.25, 0.3) is 0 Å². The normalized spacial score (nSPS) is 26.7. The van der Waals surface area contributed by atoms with E-state index in [0.717, 1.165) is 38.0 Å². The van der Waals surface area contributed by atoms with E-state index < -0.39 is 0 Å². The Balaban J connectivity index is 1.42. The fourth-order valence-electron chi connectivity index (χ4n) is 3.49. The summed E-state index contributed by atoms with van der Waals surface area (Å²) in [7, 11) is 0. The highest BCUT2D eigenvalue weighted by Crippen LogP contribution is 2.36. The van der Waals surface area contributed by atoms with Gasteiger partial charge in [0, 0.05) is 18.8 Å². The van der Waals surface area contributed by atoms with Crippen LogP contribution in [0.4, 0.5) is 10.5 Å². The molecule has 1 spiro atoms. The maximum Gasteiger partial charge on any atom is 0.319 e. The summed E-state index contributed by atoms with van der Waals surface area (Å²) < 4.78 is 11.7. The number of carbonyl (C=O) groups is 1. The van der Waals surface area contributed by atoms with E-state index in [1.165, 1.54) is 5.56 Å². The summed E-state index contributed by atoms with van der Waals surface area (Å²) in [5.41, 5.74) is 1.97. The van der Waals surface area contributed by atoms with Crippen LogP contribution in [-0.4, -0.2) is 37.5 Å². The molecule has 2 fully saturated rings. The van der Waals surface area contributed by atoms with Gasteiger partial charge in [0.05, 0.1) is 18.3 Å². The predicted molar refractivity (Wildman–Crippen MR) is 94.4 cm³/mol. The molecule has 1 aromatic rings. The monoisotopic (exact) mass is 332 g/mol. The lowest BCUT2D eigenvalue weighted by atomic mass is 9.93. The van der Waals surface area contributed by atoms with Crippen molar-refractivity contribution < 1.29 is 14.3 Å². The van der Waals surface area contributed by atoms with Crippen molar-refractivity contribution in [3.63, 3.8) is 0 Å². The molecule has 2 amide bonds. The molecule has 0 aromatic heterocycles. The van der Waals surface area contributed by atoms with Gasteiger partial charge in [-0.1, -0.05) is 26.0 Å². The summed E-state index contributed by atoms with van der Waals surface area (Å²) in [4.78, 5) is 12.1. The van der Waals surface area contributed by atoms with E-state index in [1.54, 1.807) is 0 Å². The number of hydrogen-bond donors (Lipinski definition) is 2. The highest BCUT2D eigenvalue weighted by Gasteiger charge is 2.41. The van der Waals surface area contributed by atoms with Crippen molar-refractivity contribution in [2.45, 2.75) is 57.2 Å². The van der Waals surface area contributed by atoms with Crippen molar-refractivity contribution in [1.29, 1.82) is 0 Å². The van der Waals surface area contributed by atoms with Crippen LogP contribution >= 0.6 is 0 Å². The van der Waals surface area contributed by atoms with Crippen LogP contribution in [0.2, 0.25) is 0 Å². The Labute approximate surface area is 144 Å². The lowest BCUT2D eigenvalue weighted by Gasteiger charge is -2.33. The van der Waals surface area contributed by atoms with E-state index in [9.17, 15) is 4.79 Å². The van der Waals surface area contributed by atoms with Gasteiger partial charge in [0.1, 0.15) is 0 Å². The minimum Gasteiger partial charge on any atom is -0.378 e. The zero-order valence-electron chi connectivity index (χ0n) is 14.6. The third kappa shape index (κ3) is 4.28. The number of anilines is 1. The second-order valence-electron chi connectivity index (χ2n) is 7.23. The van der Waals surface area contributed by atoms with Crippen LogP contribution in [-0.2, 0) is 9.47 Å². The van der Waals surface area contributed by atoms with Crippen LogP contribution in [0.15, 0.2) is 24.3 Å². The molecule has 2 unspecified atom stereocenters. The molecule has 2 saturated heterocycles. The second-order valence-corrected chi connectivity index (χ2v) is 7.23. The molecular weight excluding hydrogens is 304 g/mol. The average molecular weight is 332 g/mol. The molecule has 24 heavy (non-hydrogen) atoms. The van der Waals surface area contributed by atoms with Crippen molar-refractivity contribution in [2.75, 3.05) is 25.1 Å². The van der Waals surface area contributed by atoms with E-state index >= 15 is 0 Å². The number of urea groups is 1. The molecule has 0 radical (unpaired) electrons. The number of benzene rings is 1. The zero-order valence-corrected chi connectivity index (χ0v) is 14.6. The maximum absolute atomic E-state index is 12.1. The average Bonchev–Trinajstić information content (AvgIpc) is 2.97. The Morgan fingerprint density at radius 1 is 1.29 bits per heavy atom. The number of rotatable bonds is 4.